The third kappa shape index (κ3) is 13.8. The molecule has 0 spiro atoms. The molecule has 5 nitrogen and oxygen atoms in total. The lowest BCUT2D eigenvalue weighted by molar-refractivity contribution is -0.137. The molecule has 0 saturated heterocycles. The molecule has 0 radical (unpaired) electrons. The molecule has 0 aliphatic heterocycles. The lowest BCUT2D eigenvalue weighted by Gasteiger charge is -2.42. The Morgan fingerprint density at radius 3 is 1.52 bits per heavy atom. The van der Waals surface area contributed by atoms with E-state index in [1.165, 1.54) is 6.08 Å². The number of rotatable bonds is 11. The highest BCUT2D eigenvalue weighted by molar-refractivity contribution is 6.90. The van der Waals surface area contributed by atoms with Crippen LogP contribution in [0.15, 0.2) is 12.2 Å². The Kier molecular flexibility index (Phi) is 9.75. The molecule has 0 unspecified atom stereocenters. The van der Waals surface area contributed by atoms with Crippen molar-refractivity contribution in [2.45, 2.75) is 78.3 Å². The highest BCUT2D eigenvalue weighted by Crippen LogP contribution is 2.29. The lowest BCUT2D eigenvalue weighted by atomic mass is 10.5. The van der Waals surface area contributed by atoms with Crippen LogP contribution in [0.4, 0.5) is 0 Å². The Morgan fingerprint density at radius 2 is 1.20 bits per heavy atom. The third-order valence-electron chi connectivity index (χ3n) is 2.46. The van der Waals surface area contributed by atoms with Gasteiger partial charge in [-0.25, -0.2) is 4.79 Å². The van der Waals surface area contributed by atoms with Crippen molar-refractivity contribution in [1.82, 2.24) is 0 Å². The minimum Gasteiger partial charge on any atom is -0.463 e. The van der Waals surface area contributed by atoms with Gasteiger partial charge >= 0.3 is 14.8 Å². The highest BCUT2D eigenvalue weighted by atomic mass is 28.5. The molecule has 0 saturated carbocycles. The van der Waals surface area contributed by atoms with Crippen LogP contribution < -0.4 is 0 Å². The molecular weight excluding hydrogens is 385 g/mol. The van der Waals surface area contributed by atoms with Gasteiger partial charge in [-0.15, -0.1) is 0 Å². The van der Waals surface area contributed by atoms with Crippen molar-refractivity contribution < 1.29 is 21.9 Å². The van der Waals surface area contributed by atoms with Gasteiger partial charge < -0.3 is 17.1 Å². The van der Waals surface area contributed by atoms with Crippen molar-refractivity contribution in [2.75, 3.05) is 6.61 Å². The summed E-state index contributed by atoms with van der Waals surface area (Å²) in [7, 11) is -8.56. The molecule has 9 heteroatoms. The van der Waals surface area contributed by atoms with Crippen molar-refractivity contribution in [1.29, 1.82) is 0 Å². The summed E-state index contributed by atoms with van der Waals surface area (Å²) < 4.78 is 24.7. The number of esters is 1. The molecule has 0 bridgehead atoms. The van der Waals surface area contributed by atoms with Gasteiger partial charge in [0.25, 0.3) is 0 Å². The zero-order valence-electron chi connectivity index (χ0n) is 17.8. The second kappa shape index (κ2) is 9.77. The molecule has 0 rings (SSSR count). The van der Waals surface area contributed by atoms with Crippen LogP contribution in [-0.2, 0) is 21.9 Å². The first-order valence-corrected chi connectivity index (χ1v) is 21.2. The van der Waals surface area contributed by atoms with E-state index in [-0.39, 0.29) is 5.97 Å². The summed E-state index contributed by atoms with van der Waals surface area (Å²) in [5, 5.41) is 0. The average Bonchev–Trinajstić information content (AvgIpc) is 2.29. The smallest absolute Gasteiger partial charge is 0.463 e. The molecule has 25 heavy (non-hydrogen) atoms. The minimum absolute atomic E-state index is 0.321. The number of ether oxygens (including phenoxy) is 1. The van der Waals surface area contributed by atoms with Crippen LogP contribution >= 0.6 is 0 Å². The van der Waals surface area contributed by atoms with Gasteiger partial charge in [0.1, 0.15) is 0 Å². The third-order valence-corrected chi connectivity index (χ3v) is 14.3. The number of hydrogen-bond donors (Lipinski definition) is 0. The molecule has 0 N–H and O–H groups in total. The second-order valence-electron chi connectivity index (χ2n) is 9.10. The van der Waals surface area contributed by atoms with Crippen molar-refractivity contribution in [3.8, 4) is 0 Å². The van der Waals surface area contributed by atoms with Gasteiger partial charge in [0.15, 0.2) is 25.0 Å². The Balaban J connectivity index is 5.50. The van der Waals surface area contributed by atoms with Gasteiger partial charge in [0, 0.05) is 12.1 Å². The van der Waals surface area contributed by atoms with E-state index < -0.39 is 33.8 Å². The van der Waals surface area contributed by atoms with E-state index in [1.807, 2.05) is 13.0 Å². The fourth-order valence-corrected chi connectivity index (χ4v) is 16.4. The summed E-state index contributed by atoms with van der Waals surface area (Å²) in [5.41, 5.74) is 0. The van der Waals surface area contributed by atoms with Crippen molar-refractivity contribution in [3.05, 3.63) is 12.2 Å². The zero-order chi connectivity index (χ0) is 19.9. The quantitative estimate of drug-likeness (QED) is 0.267. The van der Waals surface area contributed by atoms with Crippen LogP contribution in [0.25, 0.3) is 0 Å². The van der Waals surface area contributed by atoms with Crippen LogP contribution in [-0.4, -0.2) is 46.3 Å². The predicted molar refractivity (Wildman–Crippen MR) is 114 cm³/mol. The van der Waals surface area contributed by atoms with E-state index in [0.717, 1.165) is 6.42 Å². The van der Waals surface area contributed by atoms with Crippen LogP contribution in [0.5, 0.6) is 0 Å². The SMILES string of the molecule is CCCOC(=O)C=CC[Si](O[Si](C)(C)C)(O[Si](C)(C)C)O[Si](C)(C)C. The average molecular weight is 423 g/mol. The Morgan fingerprint density at radius 1 is 0.800 bits per heavy atom. The van der Waals surface area contributed by atoms with Crippen LogP contribution in [0.1, 0.15) is 13.3 Å². The van der Waals surface area contributed by atoms with E-state index >= 15 is 0 Å². The molecule has 0 aliphatic carbocycles. The fourth-order valence-electron chi connectivity index (χ4n) is 2.14. The maximum atomic E-state index is 11.8. The summed E-state index contributed by atoms with van der Waals surface area (Å²) in [6.07, 6.45) is 4.10. The largest absolute Gasteiger partial charge is 0.473 e. The molecule has 0 heterocycles. The summed E-state index contributed by atoms with van der Waals surface area (Å²) in [4.78, 5) is 11.8. The molecule has 0 aliphatic rings. The Labute approximate surface area is 158 Å². The van der Waals surface area contributed by atoms with Gasteiger partial charge in [0.05, 0.1) is 6.61 Å². The summed E-state index contributed by atoms with van der Waals surface area (Å²) in [5.74, 6) is -0.321. The van der Waals surface area contributed by atoms with Gasteiger partial charge in [0.2, 0.25) is 0 Å². The molecule has 0 aromatic carbocycles. The lowest BCUT2D eigenvalue weighted by Crippen LogP contribution is -2.60. The maximum absolute atomic E-state index is 11.8. The molecule has 0 aromatic heterocycles. The van der Waals surface area contributed by atoms with Crippen molar-refractivity contribution in [2.24, 2.45) is 0 Å². The Bertz CT molecular complexity index is 406. The molecule has 0 amide bonds. The molecule has 148 valence electrons. The standard InChI is InChI=1S/C16H38O5Si4/c1-11-14-18-16(17)13-12-15-25(19-22(2,3)4,20-23(5,6)7)21-24(8,9)10/h12-13H,11,14-15H2,1-10H3. The minimum atomic E-state index is -2.91. The Hall–Kier alpha value is -0.0425. The van der Waals surface area contributed by atoms with Gasteiger partial charge in [-0.05, 0) is 65.3 Å². The molecular formula is C16H38O5Si4. The second-order valence-corrected chi connectivity index (χ2v) is 26.0. The van der Waals surface area contributed by atoms with E-state index in [4.69, 9.17) is 17.1 Å². The van der Waals surface area contributed by atoms with E-state index in [2.05, 4.69) is 58.9 Å². The predicted octanol–water partition coefficient (Wildman–Crippen LogP) is 4.99. The summed E-state index contributed by atoms with van der Waals surface area (Å²) in [6, 6.07) is 0.507. The van der Waals surface area contributed by atoms with Crippen molar-refractivity contribution in [3.63, 3.8) is 0 Å². The van der Waals surface area contributed by atoms with Gasteiger partial charge in [-0.1, -0.05) is 13.0 Å². The molecule has 0 atom stereocenters. The van der Waals surface area contributed by atoms with Crippen LogP contribution in [0, 0.1) is 0 Å². The van der Waals surface area contributed by atoms with Gasteiger partial charge in [-0.2, -0.15) is 0 Å². The van der Waals surface area contributed by atoms with E-state index in [1.54, 1.807) is 0 Å². The first-order valence-electron chi connectivity index (χ1n) is 9.01. The van der Waals surface area contributed by atoms with Crippen LogP contribution in [0.3, 0.4) is 0 Å². The van der Waals surface area contributed by atoms with Crippen LogP contribution in [0.2, 0.25) is 65.0 Å². The number of carbonyl (C=O) groups is 1. The first kappa shape index (κ1) is 25.0. The van der Waals surface area contributed by atoms with Crippen molar-refractivity contribution >= 4 is 39.7 Å². The van der Waals surface area contributed by atoms with E-state index in [0.29, 0.717) is 12.7 Å². The van der Waals surface area contributed by atoms with E-state index in [9.17, 15) is 4.79 Å². The number of carbonyl (C=O) groups excluding carboxylic acids is 1. The normalized spacial score (nSPS) is 14.2. The summed E-state index contributed by atoms with van der Waals surface area (Å²) in [6.45, 7) is 21.7. The summed E-state index contributed by atoms with van der Waals surface area (Å²) >= 11 is 0. The highest BCUT2D eigenvalue weighted by Gasteiger charge is 2.49. The monoisotopic (exact) mass is 422 g/mol. The molecule has 0 aromatic rings. The topological polar surface area (TPSA) is 54.0 Å². The zero-order valence-corrected chi connectivity index (χ0v) is 21.8. The molecule has 0 fully saturated rings. The number of allylic oxidation sites excluding steroid dienone is 1. The van der Waals surface area contributed by atoms with Gasteiger partial charge in [-0.3, -0.25) is 0 Å². The first-order chi connectivity index (χ1) is 11.1. The number of hydrogen-bond acceptors (Lipinski definition) is 5. The fraction of sp³-hybridized carbons (Fsp3) is 0.812. The maximum Gasteiger partial charge on any atom is 0.473 e.